The highest BCUT2D eigenvalue weighted by atomic mass is 16.5. The quantitative estimate of drug-likeness (QED) is 0.680. The molecule has 0 aliphatic rings. The minimum atomic E-state index is -0.890. The molecule has 0 saturated carbocycles. The Labute approximate surface area is 147 Å². The van der Waals surface area contributed by atoms with Crippen molar-refractivity contribution in [1.29, 1.82) is 0 Å². The van der Waals surface area contributed by atoms with Crippen LogP contribution in [0, 0.1) is 0 Å². The van der Waals surface area contributed by atoms with Crippen LogP contribution in [0.2, 0.25) is 0 Å². The van der Waals surface area contributed by atoms with E-state index in [1.54, 1.807) is 31.2 Å². The first-order valence-electron chi connectivity index (χ1n) is 8.30. The Morgan fingerprint density at radius 1 is 1.12 bits per heavy atom. The van der Waals surface area contributed by atoms with Crippen LogP contribution in [0.5, 0.6) is 0 Å². The Kier molecular flexibility index (Phi) is 7.16. The summed E-state index contributed by atoms with van der Waals surface area (Å²) in [5, 5.41) is 11.9. The zero-order valence-corrected chi connectivity index (χ0v) is 14.3. The molecule has 5 nitrogen and oxygen atoms in total. The Morgan fingerprint density at radius 3 is 2.60 bits per heavy atom. The van der Waals surface area contributed by atoms with E-state index in [2.05, 4.69) is 5.32 Å². The highest BCUT2D eigenvalue weighted by molar-refractivity contribution is 5.91. The molecule has 0 bridgehead atoms. The summed E-state index contributed by atoms with van der Waals surface area (Å²) in [5.41, 5.74) is 2.38. The molecular weight excluding hydrogens is 318 g/mol. The zero-order valence-electron chi connectivity index (χ0n) is 14.3. The predicted octanol–water partition coefficient (Wildman–Crippen LogP) is 3.81. The van der Waals surface area contributed by atoms with Gasteiger partial charge in [-0.15, -0.1) is 0 Å². The standard InChI is InChI=1S/C20H23NO4/c1-15(20(23)24)17-9-5-10-18(13-17)21-19(22)11-6-12-25-14-16-7-3-2-4-8-16/h2-5,7-10,13,15H,6,11-12,14H2,1H3,(H,21,22)(H,23,24). The maximum absolute atomic E-state index is 12.0. The van der Waals surface area contributed by atoms with Crippen LogP contribution in [-0.2, 0) is 20.9 Å². The van der Waals surface area contributed by atoms with E-state index in [1.165, 1.54) is 0 Å². The molecule has 0 aromatic heterocycles. The van der Waals surface area contributed by atoms with Gasteiger partial charge in [-0.1, -0.05) is 42.5 Å². The van der Waals surface area contributed by atoms with Crippen LogP contribution < -0.4 is 5.32 Å². The van der Waals surface area contributed by atoms with Gasteiger partial charge in [0.15, 0.2) is 0 Å². The second-order valence-corrected chi connectivity index (χ2v) is 5.88. The molecule has 1 amide bonds. The number of nitrogens with one attached hydrogen (secondary N) is 1. The van der Waals surface area contributed by atoms with Crippen molar-refractivity contribution in [3.8, 4) is 0 Å². The summed E-state index contributed by atoms with van der Waals surface area (Å²) in [4.78, 5) is 23.0. The number of amides is 1. The fraction of sp³-hybridized carbons (Fsp3) is 0.300. The average molecular weight is 341 g/mol. The number of anilines is 1. The molecule has 2 aromatic carbocycles. The van der Waals surface area contributed by atoms with Gasteiger partial charge in [0.05, 0.1) is 12.5 Å². The molecule has 1 unspecified atom stereocenters. The molecule has 0 saturated heterocycles. The minimum Gasteiger partial charge on any atom is -0.481 e. The van der Waals surface area contributed by atoms with Gasteiger partial charge >= 0.3 is 5.97 Å². The summed E-state index contributed by atoms with van der Waals surface area (Å²) in [6, 6.07) is 16.8. The minimum absolute atomic E-state index is 0.108. The first-order chi connectivity index (χ1) is 12.1. The second kappa shape index (κ2) is 9.59. The van der Waals surface area contributed by atoms with Gasteiger partial charge in [-0.3, -0.25) is 9.59 Å². The van der Waals surface area contributed by atoms with Crippen LogP contribution in [0.3, 0.4) is 0 Å². The monoisotopic (exact) mass is 341 g/mol. The molecule has 2 N–H and O–H groups in total. The molecule has 2 aromatic rings. The molecule has 0 heterocycles. The average Bonchev–Trinajstić information content (AvgIpc) is 2.61. The SMILES string of the molecule is CC(C(=O)O)c1cccc(NC(=O)CCCOCc2ccccc2)c1. The topological polar surface area (TPSA) is 75.6 Å². The number of carbonyl (C=O) groups is 2. The third-order valence-corrected chi connectivity index (χ3v) is 3.84. The van der Waals surface area contributed by atoms with Crippen molar-refractivity contribution in [2.45, 2.75) is 32.3 Å². The number of aliphatic carboxylic acids is 1. The fourth-order valence-corrected chi connectivity index (χ4v) is 2.35. The lowest BCUT2D eigenvalue weighted by atomic mass is 10.0. The van der Waals surface area contributed by atoms with E-state index in [0.29, 0.717) is 37.3 Å². The van der Waals surface area contributed by atoms with Crippen molar-refractivity contribution in [2.24, 2.45) is 0 Å². The molecular formula is C20H23NO4. The van der Waals surface area contributed by atoms with E-state index in [4.69, 9.17) is 9.84 Å². The maximum Gasteiger partial charge on any atom is 0.310 e. The first-order valence-corrected chi connectivity index (χ1v) is 8.30. The van der Waals surface area contributed by atoms with Gasteiger partial charge in [0.25, 0.3) is 0 Å². The summed E-state index contributed by atoms with van der Waals surface area (Å²) in [7, 11) is 0. The van der Waals surface area contributed by atoms with Crippen molar-refractivity contribution >= 4 is 17.6 Å². The van der Waals surface area contributed by atoms with Crippen LogP contribution >= 0.6 is 0 Å². The number of hydrogen-bond donors (Lipinski definition) is 2. The van der Waals surface area contributed by atoms with Crippen molar-refractivity contribution in [1.82, 2.24) is 0 Å². The first kappa shape index (κ1) is 18.7. The lowest BCUT2D eigenvalue weighted by Crippen LogP contribution is -2.13. The van der Waals surface area contributed by atoms with Gasteiger partial charge in [0, 0.05) is 18.7 Å². The molecule has 0 spiro atoms. The summed E-state index contributed by atoms with van der Waals surface area (Å²) in [6.07, 6.45) is 0.984. The maximum atomic E-state index is 12.0. The molecule has 25 heavy (non-hydrogen) atoms. The third-order valence-electron chi connectivity index (χ3n) is 3.84. The Bertz CT molecular complexity index is 700. The highest BCUT2D eigenvalue weighted by Gasteiger charge is 2.14. The van der Waals surface area contributed by atoms with Gasteiger partial charge in [-0.25, -0.2) is 0 Å². The van der Waals surface area contributed by atoms with E-state index < -0.39 is 11.9 Å². The predicted molar refractivity (Wildman–Crippen MR) is 96.5 cm³/mol. The summed E-state index contributed by atoms with van der Waals surface area (Å²) in [6.45, 7) is 2.67. The Balaban J connectivity index is 1.71. The normalized spacial score (nSPS) is 11.7. The van der Waals surface area contributed by atoms with Gasteiger partial charge in [-0.05, 0) is 36.6 Å². The zero-order chi connectivity index (χ0) is 18.1. The second-order valence-electron chi connectivity index (χ2n) is 5.88. The number of rotatable bonds is 9. The van der Waals surface area contributed by atoms with Crippen molar-refractivity contribution < 1.29 is 19.4 Å². The molecule has 0 radical (unpaired) electrons. The van der Waals surface area contributed by atoms with Crippen molar-refractivity contribution in [2.75, 3.05) is 11.9 Å². The number of carboxylic acid groups (broad SMARTS) is 1. The number of ether oxygens (including phenoxy) is 1. The van der Waals surface area contributed by atoms with E-state index >= 15 is 0 Å². The lowest BCUT2D eigenvalue weighted by molar-refractivity contribution is -0.138. The highest BCUT2D eigenvalue weighted by Crippen LogP contribution is 2.19. The van der Waals surface area contributed by atoms with E-state index in [1.807, 2.05) is 30.3 Å². The van der Waals surface area contributed by atoms with Gasteiger partial charge in [0.1, 0.15) is 0 Å². The van der Waals surface area contributed by atoms with Crippen LogP contribution in [0.4, 0.5) is 5.69 Å². The van der Waals surface area contributed by atoms with E-state index in [9.17, 15) is 9.59 Å². The van der Waals surface area contributed by atoms with E-state index in [-0.39, 0.29) is 5.91 Å². The van der Waals surface area contributed by atoms with Crippen molar-refractivity contribution in [3.63, 3.8) is 0 Å². The van der Waals surface area contributed by atoms with E-state index in [0.717, 1.165) is 5.56 Å². The summed E-state index contributed by atoms with van der Waals surface area (Å²) in [5.74, 6) is -1.61. The van der Waals surface area contributed by atoms with Crippen LogP contribution in [0.15, 0.2) is 54.6 Å². The van der Waals surface area contributed by atoms with Crippen LogP contribution in [0.25, 0.3) is 0 Å². The lowest BCUT2D eigenvalue weighted by Gasteiger charge is -2.10. The molecule has 2 rings (SSSR count). The molecule has 0 fully saturated rings. The smallest absolute Gasteiger partial charge is 0.310 e. The number of hydrogen-bond acceptors (Lipinski definition) is 3. The van der Waals surface area contributed by atoms with Crippen molar-refractivity contribution in [3.05, 3.63) is 65.7 Å². The molecule has 1 atom stereocenters. The number of carbonyl (C=O) groups excluding carboxylic acids is 1. The van der Waals surface area contributed by atoms with Crippen LogP contribution in [-0.4, -0.2) is 23.6 Å². The number of carboxylic acids is 1. The van der Waals surface area contributed by atoms with Gasteiger partial charge < -0.3 is 15.2 Å². The fourth-order valence-electron chi connectivity index (χ4n) is 2.35. The molecule has 0 aliphatic heterocycles. The largest absolute Gasteiger partial charge is 0.481 e. The van der Waals surface area contributed by atoms with Gasteiger partial charge in [0.2, 0.25) is 5.91 Å². The molecule has 5 heteroatoms. The Morgan fingerprint density at radius 2 is 1.88 bits per heavy atom. The summed E-state index contributed by atoms with van der Waals surface area (Å²) < 4.78 is 5.55. The summed E-state index contributed by atoms with van der Waals surface area (Å²) >= 11 is 0. The van der Waals surface area contributed by atoms with Gasteiger partial charge in [-0.2, -0.15) is 0 Å². The van der Waals surface area contributed by atoms with Crippen LogP contribution in [0.1, 0.15) is 36.8 Å². The number of benzene rings is 2. The Hall–Kier alpha value is -2.66. The molecule has 132 valence electrons. The molecule has 0 aliphatic carbocycles. The third kappa shape index (κ3) is 6.39.